The van der Waals surface area contributed by atoms with Gasteiger partial charge in [-0.15, -0.1) is 12.4 Å². The second kappa shape index (κ2) is 7.08. The molecule has 0 unspecified atom stereocenters. The number of halogens is 3. The molecule has 1 amide bonds. The van der Waals surface area contributed by atoms with Crippen LogP contribution in [0, 0.1) is 11.2 Å². The minimum absolute atomic E-state index is 0. The van der Waals surface area contributed by atoms with Gasteiger partial charge >= 0.3 is 0 Å². The maximum atomic E-state index is 12.9. The first-order chi connectivity index (χ1) is 8.21. The Hall–Kier alpha value is -0.840. The summed E-state index contributed by atoms with van der Waals surface area (Å²) in [6.45, 7) is 5.96. The number of nitrogens with one attached hydrogen (secondary N) is 1. The van der Waals surface area contributed by atoms with E-state index in [1.54, 1.807) is 6.07 Å². The van der Waals surface area contributed by atoms with E-state index in [0.29, 0.717) is 0 Å². The van der Waals surface area contributed by atoms with Crippen molar-refractivity contribution in [2.45, 2.75) is 33.4 Å². The zero-order chi connectivity index (χ0) is 13.9. The summed E-state index contributed by atoms with van der Waals surface area (Å²) >= 11 is 5.65. The van der Waals surface area contributed by atoms with E-state index >= 15 is 0 Å². The monoisotopic (exact) mass is 308 g/mol. The van der Waals surface area contributed by atoms with Crippen molar-refractivity contribution < 1.29 is 9.18 Å². The van der Waals surface area contributed by atoms with Crippen LogP contribution in [0.5, 0.6) is 0 Å². The molecule has 0 saturated heterocycles. The lowest BCUT2D eigenvalue weighted by Crippen LogP contribution is -2.48. The first-order valence-corrected chi connectivity index (χ1v) is 6.07. The number of hydrogen-bond acceptors (Lipinski definition) is 2. The first kappa shape index (κ1) is 18.2. The van der Waals surface area contributed by atoms with Gasteiger partial charge in [-0.25, -0.2) is 4.39 Å². The van der Waals surface area contributed by atoms with E-state index in [4.69, 9.17) is 17.3 Å². The average Bonchev–Trinajstić information content (AvgIpc) is 2.28. The summed E-state index contributed by atoms with van der Waals surface area (Å²) in [5.74, 6) is -0.707. The molecule has 3 nitrogen and oxygen atoms in total. The molecule has 1 aromatic carbocycles. The van der Waals surface area contributed by atoms with Gasteiger partial charge in [0, 0.05) is 6.54 Å². The Morgan fingerprint density at radius 2 is 2.05 bits per heavy atom. The van der Waals surface area contributed by atoms with Crippen LogP contribution in [-0.4, -0.2) is 11.9 Å². The van der Waals surface area contributed by atoms with Crippen LogP contribution in [0.2, 0.25) is 5.02 Å². The molecule has 0 radical (unpaired) electrons. The van der Waals surface area contributed by atoms with Gasteiger partial charge in [-0.2, -0.15) is 0 Å². The van der Waals surface area contributed by atoms with Gasteiger partial charge in [0.15, 0.2) is 0 Å². The molecule has 1 rings (SSSR count). The summed E-state index contributed by atoms with van der Waals surface area (Å²) in [7, 11) is 0. The van der Waals surface area contributed by atoms with Gasteiger partial charge in [-0.05, 0) is 23.1 Å². The molecule has 0 heterocycles. The number of amides is 1. The molecule has 1 atom stereocenters. The van der Waals surface area contributed by atoms with E-state index in [-0.39, 0.29) is 35.3 Å². The maximum absolute atomic E-state index is 12.9. The lowest BCUT2D eigenvalue weighted by Gasteiger charge is -2.25. The molecule has 19 heavy (non-hydrogen) atoms. The van der Waals surface area contributed by atoms with Crippen molar-refractivity contribution >= 4 is 29.9 Å². The minimum atomic E-state index is -0.589. The third kappa shape index (κ3) is 5.35. The number of nitrogens with two attached hydrogens (primary N) is 1. The molecule has 1 aromatic rings. The summed E-state index contributed by atoms with van der Waals surface area (Å²) in [6.07, 6.45) is 0. The molecular formula is C13H19Cl2FN2O. The third-order valence-corrected chi connectivity index (χ3v) is 2.96. The number of carbonyl (C=O) groups is 1. The minimum Gasteiger partial charge on any atom is -0.351 e. The Balaban J connectivity index is 0.00000324. The van der Waals surface area contributed by atoms with Crippen molar-refractivity contribution in [3.8, 4) is 0 Å². The molecule has 0 aliphatic carbocycles. The molecule has 108 valence electrons. The Morgan fingerprint density at radius 1 is 1.47 bits per heavy atom. The summed E-state index contributed by atoms with van der Waals surface area (Å²) < 4.78 is 12.9. The summed E-state index contributed by atoms with van der Waals surface area (Å²) in [5, 5.41) is 2.75. The van der Waals surface area contributed by atoms with Crippen LogP contribution < -0.4 is 11.1 Å². The largest absolute Gasteiger partial charge is 0.351 e. The molecule has 0 fully saturated rings. The second-order valence-corrected chi connectivity index (χ2v) is 5.72. The van der Waals surface area contributed by atoms with Crippen molar-refractivity contribution in [2.75, 3.05) is 0 Å². The van der Waals surface area contributed by atoms with Crippen molar-refractivity contribution in [2.24, 2.45) is 11.1 Å². The maximum Gasteiger partial charge on any atom is 0.237 e. The molecule has 0 saturated carbocycles. The predicted molar refractivity (Wildman–Crippen MR) is 77.9 cm³/mol. The molecule has 0 spiro atoms. The number of rotatable bonds is 3. The van der Waals surface area contributed by atoms with Gasteiger partial charge in [-0.1, -0.05) is 38.4 Å². The summed E-state index contributed by atoms with van der Waals surface area (Å²) in [6, 6.07) is 3.74. The van der Waals surface area contributed by atoms with Gasteiger partial charge in [-0.3, -0.25) is 4.79 Å². The second-order valence-electron chi connectivity index (χ2n) is 5.31. The van der Waals surface area contributed by atoms with E-state index in [0.717, 1.165) is 5.56 Å². The molecule has 0 aliphatic rings. The SMILES string of the molecule is CC(C)(C)[C@H](N)C(=O)NCc1ccc(F)c(Cl)c1.Cl. The van der Waals surface area contributed by atoms with Crippen LogP contribution in [0.3, 0.4) is 0 Å². The molecule has 3 N–H and O–H groups in total. The lowest BCUT2D eigenvalue weighted by atomic mass is 9.87. The molecular weight excluding hydrogens is 290 g/mol. The normalized spacial score (nSPS) is 12.5. The lowest BCUT2D eigenvalue weighted by molar-refractivity contribution is -0.124. The zero-order valence-electron chi connectivity index (χ0n) is 11.2. The van der Waals surface area contributed by atoms with Crippen molar-refractivity contribution in [3.05, 3.63) is 34.6 Å². The van der Waals surface area contributed by atoms with Crippen LogP contribution in [0.4, 0.5) is 4.39 Å². The summed E-state index contributed by atoms with van der Waals surface area (Å²) in [4.78, 5) is 11.8. The molecule has 0 aliphatic heterocycles. The van der Waals surface area contributed by atoms with Gasteiger partial charge < -0.3 is 11.1 Å². The number of benzene rings is 1. The third-order valence-electron chi connectivity index (χ3n) is 2.67. The zero-order valence-corrected chi connectivity index (χ0v) is 12.7. The highest BCUT2D eigenvalue weighted by atomic mass is 35.5. The number of carbonyl (C=O) groups excluding carboxylic acids is 1. The van der Waals surface area contributed by atoms with Crippen LogP contribution in [0.1, 0.15) is 26.3 Å². The van der Waals surface area contributed by atoms with Gasteiger partial charge in [0.25, 0.3) is 0 Å². The highest BCUT2D eigenvalue weighted by Gasteiger charge is 2.27. The van der Waals surface area contributed by atoms with Crippen molar-refractivity contribution in [3.63, 3.8) is 0 Å². The molecule has 6 heteroatoms. The Morgan fingerprint density at radius 3 is 2.53 bits per heavy atom. The van der Waals surface area contributed by atoms with Crippen molar-refractivity contribution in [1.82, 2.24) is 5.32 Å². The molecule has 0 bridgehead atoms. The fourth-order valence-corrected chi connectivity index (χ4v) is 1.55. The topological polar surface area (TPSA) is 55.1 Å². The highest BCUT2D eigenvalue weighted by molar-refractivity contribution is 6.30. The fraction of sp³-hybridized carbons (Fsp3) is 0.462. The van der Waals surface area contributed by atoms with Crippen LogP contribution in [-0.2, 0) is 11.3 Å². The Labute approximate surface area is 124 Å². The molecule has 0 aromatic heterocycles. The summed E-state index contributed by atoms with van der Waals surface area (Å²) in [5.41, 5.74) is 6.25. The Bertz CT molecular complexity index is 447. The van der Waals surface area contributed by atoms with E-state index in [1.165, 1.54) is 12.1 Å². The Kier molecular flexibility index (Phi) is 6.77. The fourth-order valence-electron chi connectivity index (χ4n) is 1.34. The number of hydrogen-bond donors (Lipinski definition) is 2. The smallest absolute Gasteiger partial charge is 0.237 e. The van der Waals surface area contributed by atoms with E-state index in [1.807, 2.05) is 20.8 Å². The standard InChI is InChI=1S/C13H18ClFN2O.ClH/c1-13(2,3)11(16)12(18)17-7-8-4-5-10(15)9(14)6-8;/h4-6,11H,7,16H2,1-3H3,(H,17,18);1H/t11-;/m1./s1. The van der Waals surface area contributed by atoms with Crippen LogP contribution in [0.25, 0.3) is 0 Å². The van der Waals surface area contributed by atoms with E-state index in [9.17, 15) is 9.18 Å². The van der Waals surface area contributed by atoms with Crippen LogP contribution in [0.15, 0.2) is 18.2 Å². The quantitative estimate of drug-likeness (QED) is 0.902. The van der Waals surface area contributed by atoms with E-state index < -0.39 is 11.9 Å². The van der Waals surface area contributed by atoms with Gasteiger partial charge in [0.1, 0.15) is 5.82 Å². The van der Waals surface area contributed by atoms with E-state index in [2.05, 4.69) is 5.32 Å². The first-order valence-electron chi connectivity index (χ1n) is 5.69. The average molecular weight is 309 g/mol. The van der Waals surface area contributed by atoms with Crippen LogP contribution >= 0.6 is 24.0 Å². The predicted octanol–water partition coefficient (Wildman–Crippen LogP) is 2.89. The highest BCUT2D eigenvalue weighted by Crippen LogP contribution is 2.18. The van der Waals surface area contributed by atoms with Crippen molar-refractivity contribution in [1.29, 1.82) is 0 Å². The van der Waals surface area contributed by atoms with Gasteiger partial charge in [0.05, 0.1) is 11.1 Å². The van der Waals surface area contributed by atoms with Gasteiger partial charge in [0.2, 0.25) is 5.91 Å².